The molecule has 5 heteroatoms. The van der Waals surface area contributed by atoms with E-state index in [0.29, 0.717) is 17.3 Å². The molecule has 0 aliphatic carbocycles. The van der Waals surface area contributed by atoms with E-state index in [9.17, 15) is 4.79 Å². The highest BCUT2D eigenvalue weighted by atomic mass is 32.1. The highest BCUT2D eigenvalue weighted by Crippen LogP contribution is 2.16. The van der Waals surface area contributed by atoms with E-state index in [1.165, 1.54) is 0 Å². The second-order valence-corrected chi connectivity index (χ2v) is 5.48. The number of hydrogen-bond acceptors (Lipinski definition) is 3. The Hall–Kier alpha value is -0.680. The number of nitrogens with one attached hydrogen (secondary N) is 1. The van der Waals surface area contributed by atoms with Crippen molar-refractivity contribution in [3.63, 3.8) is 0 Å². The summed E-state index contributed by atoms with van der Waals surface area (Å²) in [5, 5.41) is 3.09. The summed E-state index contributed by atoms with van der Waals surface area (Å²) in [7, 11) is 2.11. The van der Waals surface area contributed by atoms with Crippen LogP contribution in [-0.2, 0) is 4.79 Å². The van der Waals surface area contributed by atoms with Gasteiger partial charge in [-0.1, -0.05) is 26.1 Å². The van der Waals surface area contributed by atoms with E-state index in [1.807, 2.05) is 6.92 Å². The average molecular weight is 257 g/mol. The van der Waals surface area contributed by atoms with Crippen molar-refractivity contribution in [3.8, 4) is 0 Å². The maximum Gasteiger partial charge on any atom is 0.230 e. The van der Waals surface area contributed by atoms with Gasteiger partial charge >= 0.3 is 0 Å². The van der Waals surface area contributed by atoms with Gasteiger partial charge in [0.05, 0.1) is 10.9 Å². The van der Waals surface area contributed by atoms with Crippen molar-refractivity contribution in [1.29, 1.82) is 0 Å². The van der Waals surface area contributed by atoms with Crippen LogP contribution in [0.5, 0.6) is 0 Å². The van der Waals surface area contributed by atoms with E-state index >= 15 is 0 Å². The van der Waals surface area contributed by atoms with Gasteiger partial charge in [-0.05, 0) is 32.4 Å². The molecule has 0 spiro atoms. The van der Waals surface area contributed by atoms with Gasteiger partial charge in [0.25, 0.3) is 0 Å². The van der Waals surface area contributed by atoms with Gasteiger partial charge in [-0.15, -0.1) is 0 Å². The van der Waals surface area contributed by atoms with Crippen LogP contribution in [0.15, 0.2) is 0 Å². The summed E-state index contributed by atoms with van der Waals surface area (Å²) in [5.74, 6) is 0.139. The second-order valence-electron chi connectivity index (χ2n) is 5.01. The number of rotatable bonds is 4. The number of carbonyl (C=O) groups is 1. The monoisotopic (exact) mass is 257 g/mol. The Balaban J connectivity index is 2.53. The topological polar surface area (TPSA) is 58.4 Å². The van der Waals surface area contributed by atoms with Gasteiger partial charge in [0.15, 0.2) is 0 Å². The molecule has 17 heavy (non-hydrogen) atoms. The molecule has 1 rings (SSSR count). The lowest BCUT2D eigenvalue weighted by Gasteiger charge is -2.35. The SMILES string of the molecule is CCC(C(=O)NC1CCN(C)CC1C)C(N)=S. The first-order chi connectivity index (χ1) is 7.95. The molecule has 0 aromatic heterocycles. The third kappa shape index (κ3) is 3.92. The Labute approximate surface area is 109 Å². The predicted octanol–water partition coefficient (Wildman–Crippen LogP) is 0.755. The normalized spacial score (nSPS) is 27.5. The molecule has 0 aromatic carbocycles. The molecular formula is C12H23N3OS. The number of hydrogen-bond donors (Lipinski definition) is 2. The first-order valence-electron chi connectivity index (χ1n) is 6.24. The Morgan fingerprint density at radius 3 is 2.76 bits per heavy atom. The summed E-state index contributed by atoms with van der Waals surface area (Å²) in [6, 6.07) is 0.252. The highest BCUT2D eigenvalue weighted by Gasteiger charge is 2.28. The summed E-state index contributed by atoms with van der Waals surface area (Å²) < 4.78 is 0. The second kappa shape index (κ2) is 6.31. The molecule has 1 amide bonds. The summed E-state index contributed by atoms with van der Waals surface area (Å²) >= 11 is 4.92. The van der Waals surface area contributed by atoms with Gasteiger partial charge < -0.3 is 16.0 Å². The van der Waals surface area contributed by atoms with E-state index in [4.69, 9.17) is 18.0 Å². The zero-order chi connectivity index (χ0) is 13.0. The Morgan fingerprint density at radius 2 is 2.29 bits per heavy atom. The van der Waals surface area contributed by atoms with Crippen molar-refractivity contribution in [3.05, 3.63) is 0 Å². The highest BCUT2D eigenvalue weighted by molar-refractivity contribution is 7.80. The Bertz CT molecular complexity index is 295. The van der Waals surface area contributed by atoms with Crippen LogP contribution in [0.4, 0.5) is 0 Å². The largest absolute Gasteiger partial charge is 0.393 e. The van der Waals surface area contributed by atoms with Crippen molar-refractivity contribution >= 4 is 23.1 Å². The van der Waals surface area contributed by atoms with E-state index < -0.39 is 0 Å². The number of nitrogens with zero attached hydrogens (tertiary/aromatic N) is 1. The molecule has 1 saturated heterocycles. The van der Waals surface area contributed by atoms with Gasteiger partial charge in [0, 0.05) is 12.6 Å². The molecule has 3 unspecified atom stereocenters. The van der Waals surface area contributed by atoms with Gasteiger partial charge in [-0.25, -0.2) is 0 Å². The van der Waals surface area contributed by atoms with E-state index in [1.54, 1.807) is 0 Å². The van der Waals surface area contributed by atoms with Crippen molar-refractivity contribution < 1.29 is 4.79 Å². The van der Waals surface area contributed by atoms with Crippen LogP contribution in [0.2, 0.25) is 0 Å². The molecule has 3 N–H and O–H groups in total. The van der Waals surface area contributed by atoms with Gasteiger partial charge in [-0.3, -0.25) is 4.79 Å². The predicted molar refractivity (Wildman–Crippen MR) is 73.8 cm³/mol. The number of carbonyl (C=O) groups excluding carboxylic acids is 1. The number of amides is 1. The number of thiocarbonyl (C=S) groups is 1. The fraction of sp³-hybridized carbons (Fsp3) is 0.833. The molecule has 1 heterocycles. The maximum atomic E-state index is 12.0. The quantitative estimate of drug-likeness (QED) is 0.730. The minimum atomic E-state index is -0.322. The summed E-state index contributed by atoms with van der Waals surface area (Å²) in [5.41, 5.74) is 5.57. The molecular weight excluding hydrogens is 234 g/mol. The first kappa shape index (κ1) is 14.4. The molecule has 4 nitrogen and oxygen atoms in total. The number of piperidine rings is 1. The van der Waals surface area contributed by atoms with Crippen molar-refractivity contribution in [1.82, 2.24) is 10.2 Å². The lowest BCUT2D eigenvalue weighted by molar-refractivity contribution is -0.124. The smallest absolute Gasteiger partial charge is 0.230 e. The van der Waals surface area contributed by atoms with Crippen molar-refractivity contribution in [2.24, 2.45) is 17.6 Å². The van der Waals surface area contributed by atoms with Crippen LogP contribution in [0.1, 0.15) is 26.7 Å². The lowest BCUT2D eigenvalue weighted by atomic mass is 9.93. The molecule has 1 fully saturated rings. The van der Waals surface area contributed by atoms with Gasteiger partial charge in [-0.2, -0.15) is 0 Å². The minimum absolute atomic E-state index is 0.0126. The standard InChI is InChI=1S/C12H23N3OS/c1-4-9(11(13)17)12(16)14-10-5-6-15(3)7-8(10)2/h8-10H,4-7H2,1-3H3,(H2,13,17)(H,14,16). The first-order valence-corrected chi connectivity index (χ1v) is 6.64. The van der Waals surface area contributed by atoms with E-state index in [0.717, 1.165) is 19.5 Å². The van der Waals surface area contributed by atoms with Crippen molar-refractivity contribution in [2.75, 3.05) is 20.1 Å². The summed E-state index contributed by atoms with van der Waals surface area (Å²) in [6.07, 6.45) is 1.67. The average Bonchev–Trinajstić information content (AvgIpc) is 2.22. The zero-order valence-corrected chi connectivity index (χ0v) is 11.7. The number of nitrogens with two attached hydrogens (primary N) is 1. The van der Waals surface area contributed by atoms with Crippen LogP contribution >= 0.6 is 12.2 Å². The molecule has 1 aliphatic rings. The molecule has 98 valence electrons. The molecule has 0 bridgehead atoms. The van der Waals surface area contributed by atoms with Crippen LogP contribution in [0, 0.1) is 11.8 Å². The van der Waals surface area contributed by atoms with E-state index in [2.05, 4.69) is 24.2 Å². The molecule has 3 atom stereocenters. The third-order valence-electron chi connectivity index (χ3n) is 3.50. The number of likely N-dealkylation sites (tertiary alicyclic amines) is 1. The van der Waals surface area contributed by atoms with Gasteiger partial charge in [0.2, 0.25) is 5.91 Å². The Morgan fingerprint density at radius 1 is 1.65 bits per heavy atom. The van der Waals surface area contributed by atoms with Crippen LogP contribution < -0.4 is 11.1 Å². The molecule has 0 aromatic rings. The summed E-state index contributed by atoms with van der Waals surface area (Å²) in [6.45, 7) is 6.15. The van der Waals surface area contributed by atoms with Gasteiger partial charge in [0.1, 0.15) is 0 Å². The van der Waals surface area contributed by atoms with Crippen LogP contribution in [0.25, 0.3) is 0 Å². The molecule has 0 saturated carbocycles. The molecule has 1 aliphatic heterocycles. The maximum absolute atomic E-state index is 12.0. The van der Waals surface area contributed by atoms with Crippen LogP contribution in [-0.4, -0.2) is 42.0 Å². The zero-order valence-electron chi connectivity index (χ0n) is 10.9. The van der Waals surface area contributed by atoms with Crippen molar-refractivity contribution in [2.45, 2.75) is 32.7 Å². The minimum Gasteiger partial charge on any atom is -0.393 e. The van der Waals surface area contributed by atoms with Crippen LogP contribution in [0.3, 0.4) is 0 Å². The third-order valence-corrected chi connectivity index (χ3v) is 3.79. The fourth-order valence-corrected chi connectivity index (χ4v) is 2.64. The molecule has 0 radical (unpaired) electrons. The fourth-order valence-electron chi connectivity index (χ4n) is 2.37. The Kier molecular flexibility index (Phi) is 5.33. The lowest BCUT2D eigenvalue weighted by Crippen LogP contribution is -2.51. The van der Waals surface area contributed by atoms with E-state index in [-0.39, 0.29) is 17.9 Å². The summed E-state index contributed by atoms with van der Waals surface area (Å²) in [4.78, 5) is 14.6.